The van der Waals surface area contributed by atoms with Gasteiger partial charge in [0.2, 0.25) is 5.91 Å². The molecule has 3 rings (SSSR count). The van der Waals surface area contributed by atoms with Crippen LogP contribution in [-0.4, -0.2) is 25.1 Å². The normalized spacial score (nSPS) is 11.6. The first-order valence-electron chi connectivity index (χ1n) is 10.2. The van der Waals surface area contributed by atoms with Gasteiger partial charge in [0.15, 0.2) is 0 Å². The molecule has 1 atom stereocenters. The van der Waals surface area contributed by atoms with E-state index in [2.05, 4.69) is 31.8 Å². The fraction of sp³-hybridized carbons (Fsp3) is 0.160. The summed E-state index contributed by atoms with van der Waals surface area (Å²) in [7, 11) is 1.56. The second-order valence-corrected chi connectivity index (χ2v) is 8.07. The van der Waals surface area contributed by atoms with Gasteiger partial charge >= 0.3 is 0 Å². The number of nitrogens with zero attached hydrogens (tertiary/aromatic N) is 1. The van der Waals surface area contributed by atoms with Crippen molar-refractivity contribution in [1.29, 1.82) is 0 Å². The highest BCUT2D eigenvalue weighted by Gasteiger charge is 2.21. The number of hydrogen-bond donors (Lipinski definition) is 2. The second-order valence-electron chi connectivity index (χ2n) is 7.16. The second kappa shape index (κ2) is 11.8. The fourth-order valence-electron chi connectivity index (χ4n) is 2.71. The number of benzene rings is 3. The Balaban J connectivity index is 1.45. The summed E-state index contributed by atoms with van der Waals surface area (Å²) in [4.78, 5) is 24.5. The predicted octanol–water partition coefficient (Wildman–Crippen LogP) is 4.76. The minimum Gasteiger partial charge on any atom is -0.497 e. The van der Waals surface area contributed by atoms with Gasteiger partial charge in [-0.1, -0.05) is 28.1 Å². The van der Waals surface area contributed by atoms with E-state index in [0.717, 1.165) is 21.3 Å². The lowest BCUT2D eigenvalue weighted by molar-refractivity contribution is -0.131. The van der Waals surface area contributed by atoms with Crippen LogP contribution in [0, 0.1) is 5.92 Å². The molecule has 0 heterocycles. The number of hydrazone groups is 1. The number of nitrogens with one attached hydrogen (secondary N) is 2. The number of carbonyl (C=O) groups is 2. The molecule has 0 aliphatic rings. The van der Waals surface area contributed by atoms with Gasteiger partial charge in [0.25, 0.3) is 5.91 Å². The molecule has 0 spiro atoms. The Morgan fingerprint density at radius 1 is 0.939 bits per heavy atom. The third-order valence-electron chi connectivity index (χ3n) is 4.73. The van der Waals surface area contributed by atoms with Crippen molar-refractivity contribution in [3.63, 3.8) is 0 Å². The van der Waals surface area contributed by atoms with Gasteiger partial charge in [0.05, 0.1) is 13.3 Å². The minimum absolute atomic E-state index is 0.430. The van der Waals surface area contributed by atoms with Gasteiger partial charge in [-0.3, -0.25) is 9.59 Å². The average Bonchev–Trinajstić information content (AvgIpc) is 2.84. The number of hydrogen-bond acceptors (Lipinski definition) is 5. The van der Waals surface area contributed by atoms with Gasteiger partial charge in [0.1, 0.15) is 24.0 Å². The van der Waals surface area contributed by atoms with Crippen LogP contribution in [0.5, 0.6) is 11.5 Å². The highest BCUT2D eigenvalue weighted by molar-refractivity contribution is 9.10. The maximum atomic E-state index is 12.3. The Kier molecular flexibility index (Phi) is 8.60. The van der Waals surface area contributed by atoms with E-state index in [4.69, 9.17) is 9.47 Å². The summed E-state index contributed by atoms with van der Waals surface area (Å²) in [6, 6.07) is 22.1. The van der Waals surface area contributed by atoms with Crippen LogP contribution in [0.1, 0.15) is 18.1 Å². The highest BCUT2D eigenvalue weighted by Crippen LogP contribution is 2.17. The quantitative estimate of drug-likeness (QED) is 0.247. The standard InChI is InChI=1S/C25H24BrN3O4/c1-17(24(30)28-21-9-13-22(32-2)14-10-21)25(31)29-27-15-18-5-11-23(12-6-18)33-16-19-3-7-20(26)8-4-19/h3-15,17H,16H2,1-2H3,(H,28,30)(H,29,31). The molecule has 0 fully saturated rings. The molecule has 170 valence electrons. The van der Waals surface area contributed by atoms with Crippen LogP contribution in [0.15, 0.2) is 82.4 Å². The molecule has 0 aromatic heterocycles. The summed E-state index contributed by atoms with van der Waals surface area (Å²) < 4.78 is 11.9. The molecule has 0 radical (unpaired) electrons. The number of rotatable bonds is 9. The van der Waals surface area contributed by atoms with Crippen LogP contribution in [0.4, 0.5) is 5.69 Å². The third-order valence-corrected chi connectivity index (χ3v) is 5.26. The number of methoxy groups -OCH3 is 1. The first kappa shape index (κ1) is 24.0. The number of amides is 2. The molecule has 3 aromatic carbocycles. The fourth-order valence-corrected chi connectivity index (χ4v) is 2.97. The summed E-state index contributed by atoms with van der Waals surface area (Å²) in [5.41, 5.74) is 4.82. The monoisotopic (exact) mass is 509 g/mol. The van der Waals surface area contributed by atoms with E-state index in [0.29, 0.717) is 18.0 Å². The summed E-state index contributed by atoms with van der Waals surface area (Å²) in [6.07, 6.45) is 1.50. The van der Waals surface area contributed by atoms with E-state index in [1.807, 2.05) is 48.5 Å². The topological polar surface area (TPSA) is 89.0 Å². The van der Waals surface area contributed by atoms with E-state index in [9.17, 15) is 9.59 Å². The van der Waals surface area contributed by atoms with E-state index in [-0.39, 0.29) is 0 Å². The Morgan fingerprint density at radius 3 is 2.21 bits per heavy atom. The van der Waals surface area contributed by atoms with E-state index in [1.165, 1.54) is 13.1 Å². The molecular weight excluding hydrogens is 486 g/mol. The molecule has 0 saturated heterocycles. The van der Waals surface area contributed by atoms with Gasteiger partial charge in [-0.05, 0) is 78.7 Å². The lowest BCUT2D eigenvalue weighted by Gasteiger charge is -2.11. The Hall–Kier alpha value is -3.65. The lowest BCUT2D eigenvalue weighted by Crippen LogP contribution is -2.34. The molecule has 3 aromatic rings. The molecule has 8 heteroatoms. The zero-order chi connectivity index (χ0) is 23.6. The maximum absolute atomic E-state index is 12.3. The molecule has 33 heavy (non-hydrogen) atoms. The number of ether oxygens (including phenoxy) is 2. The summed E-state index contributed by atoms with van der Waals surface area (Å²) in [6.45, 7) is 1.98. The molecule has 0 aliphatic heterocycles. The molecule has 0 saturated carbocycles. The molecule has 1 unspecified atom stereocenters. The first-order chi connectivity index (χ1) is 15.9. The summed E-state index contributed by atoms with van der Waals surface area (Å²) in [5.74, 6) is -0.453. The SMILES string of the molecule is COc1ccc(NC(=O)C(C)C(=O)NN=Cc2ccc(OCc3ccc(Br)cc3)cc2)cc1. The van der Waals surface area contributed by atoms with Crippen molar-refractivity contribution in [1.82, 2.24) is 5.43 Å². The summed E-state index contributed by atoms with van der Waals surface area (Å²) >= 11 is 3.41. The molecular formula is C25H24BrN3O4. The van der Waals surface area contributed by atoms with Gasteiger partial charge in [0, 0.05) is 10.2 Å². The highest BCUT2D eigenvalue weighted by atomic mass is 79.9. The van der Waals surface area contributed by atoms with Crippen molar-refractivity contribution in [2.75, 3.05) is 12.4 Å². The van der Waals surface area contributed by atoms with Gasteiger partial charge < -0.3 is 14.8 Å². The van der Waals surface area contributed by atoms with Crippen LogP contribution in [0.3, 0.4) is 0 Å². The number of halogens is 1. The average molecular weight is 510 g/mol. The minimum atomic E-state index is -0.918. The molecule has 7 nitrogen and oxygen atoms in total. The Bertz CT molecular complexity index is 1100. The Morgan fingerprint density at radius 2 is 1.58 bits per heavy atom. The van der Waals surface area contributed by atoms with Crippen molar-refractivity contribution in [2.24, 2.45) is 11.0 Å². The van der Waals surface area contributed by atoms with Crippen molar-refractivity contribution in [3.8, 4) is 11.5 Å². The van der Waals surface area contributed by atoms with Gasteiger partial charge in [-0.15, -0.1) is 0 Å². The molecule has 0 bridgehead atoms. The van der Waals surface area contributed by atoms with Crippen molar-refractivity contribution < 1.29 is 19.1 Å². The zero-order valence-corrected chi connectivity index (χ0v) is 19.8. The summed E-state index contributed by atoms with van der Waals surface area (Å²) in [5, 5.41) is 6.63. The van der Waals surface area contributed by atoms with Gasteiger partial charge in [-0.25, -0.2) is 5.43 Å². The van der Waals surface area contributed by atoms with Crippen LogP contribution in [-0.2, 0) is 16.2 Å². The van der Waals surface area contributed by atoms with Crippen LogP contribution >= 0.6 is 15.9 Å². The maximum Gasteiger partial charge on any atom is 0.252 e. The van der Waals surface area contributed by atoms with Crippen molar-refractivity contribution in [2.45, 2.75) is 13.5 Å². The largest absolute Gasteiger partial charge is 0.497 e. The van der Waals surface area contributed by atoms with Gasteiger partial charge in [-0.2, -0.15) is 5.10 Å². The van der Waals surface area contributed by atoms with Crippen LogP contribution in [0.25, 0.3) is 0 Å². The number of anilines is 1. The van der Waals surface area contributed by atoms with Crippen LogP contribution < -0.4 is 20.2 Å². The van der Waals surface area contributed by atoms with E-state index >= 15 is 0 Å². The third kappa shape index (κ3) is 7.47. The number of carbonyl (C=O) groups excluding carboxylic acids is 2. The van der Waals surface area contributed by atoms with E-state index < -0.39 is 17.7 Å². The van der Waals surface area contributed by atoms with Crippen molar-refractivity contribution in [3.05, 3.63) is 88.4 Å². The molecule has 0 aliphatic carbocycles. The van der Waals surface area contributed by atoms with Crippen molar-refractivity contribution >= 4 is 39.6 Å². The first-order valence-corrected chi connectivity index (χ1v) is 11.0. The predicted molar refractivity (Wildman–Crippen MR) is 131 cm³/mol. The lowest BCUT2D eigenvalue weighted by atomic mass is 10.1. The van der Waals surface area contributed by atoms with E-state index in [1.54, 1.807) is 31.4 Å². The molecule has 2 N–H and O–H groups in total. The van der Waals surface area contributed by atoms with Crippen LogP contribution in [0.2, 0.25) is 0 Å². The zero-order valence-electron chi connectivity index (χ0n) is 18.2. The molecule has 2 amide bonds. The smallest absolute Gasteiger partial charge is 0.252 e. The Labute approximate surface area is 200 Å².